The molecular weight excluding hydrogens is 366 g/mol. The van der Waals surface area contributed by atoms with E-state index in [1.165, 1.54) is 12.8 Å². The SMILES string of the molecule is C=CC[C@H](C1CCC([C@H](O[SiH](C)C)C(C)(C)C)CC1)N(C)C(=O)OC(C)(C)C. The Morgan fingerprint density at radius 2 is 1.61 bits per heavy atom. The van der Waals surface area contributed by atoms with Crippen molar-refractivity contribution in [1.82, 2.24) is 4.90 Å². The van der Waals surface area contributed by atoms with Gasteiger partial charge in [0.15, 0.2) is 9.04 Å². The minimum absolute atomic E-state index is 0.154. The molecule has 0 spiro atoms. The smallest absolute Gasteiger partial charge is 0.410 e. The maximum Gasteiger partial charge on any atom is 0.410 e. The summed E-state index contributed by atoms with van der Waals surface area (Å²) in [6, 6.07) is 0.154. The molecule has 1 aliphatic carbocycles. The predicted molar refractivity (Wildman–Crippen MR) is 121 cm³/mol. The molecule has 4 nitrogen and oxygen atoms in total. The van der Waals surface area contributed by atoms with Crippen molar-refractivity contribution >= 4 is 15.1 Å². The van der Waals surface area contributed by atoms with Gasteiger partial charge in [0.2, 0.25) is 0 Å². The summed E-state index contributed by atoms with van der Waals surface area (Å²) in [5, 5.41) is 0. The molecular formula is C23H45NO3Si. The first-order valence-corrected chi connectivity index (χ1v) is 13.8. The van der Waals surface area contributed by atoms with Gasteiger partial charge in [-0.2, -0.15) is 0 Å². The number of hydrogen-bond donors (Lipinski definition) is 0. The molecule has 0 aromatic heterocycles. The van der Waals surface area contributed by atoms with Crippen LogP contribution < -0.4 is 0 Å². The Bertz CT molecular complexity index is 499. The Labute approximate surface area is 175 Å². The second-order valence-electron chi connectivity index (χ2n) is 10.8. The number of rotatable bonds is 7. The lowest BCUT2D eigenvalue weighted by atomic mass is 9.70. The van der Waals surface area contributed by atoms with Crippen molar-refractivity contribution in [1.29, 1.82) is 0 Å². The average Bonchev–Trinajstić information content (AvgIpc) is 2.54. The third kappa shape index (κ3) is 7.90. The largest absolute Gasteiger partial charge is 0.444 e. The molecule has 0 aliphatic heterocycles. The normalized spacial score (nSPS) is 23.2. The maximum absolute atomic E-state index is 12.6. The van der Waals surface area contributed by atoms with Crippen LogP contribution in [0.15, 0.2) is 12.7 Å². The molecule has 1 amide bonds. The maximum atomic E-state index is 12.6. The molecule has 0 aromatic carbocycles. The van der Waals surface area contributed by atoms with Crippen molar-refractivity contribution in [2.75, 3.05) is 7.05 Å². The van der Waals surface area contributed by atoms with E-state index in [2.05, 4.69) is 40.4 Å². The lowest BCUT2D eigenvalue weighted by Gasteiger charge is -2.44. The first-order chi connectivity index (χ1) is 12.8. The monoisotopic (exact) mass is 411 g/mol. The summed E-state index contributed by atoms with van der Waals surface area (Å²) in [7, 11) is 0.796. The molecule has 0 bridgehead atoms. The highest BCUT2D eigenvalue weighted by molar-refractivity contribution is 6.48. The van der Waals surface area contributed by atoms with Crippen molar-refractivity contribution in [3.05, 3.63) is 12.7 Å². The van der Waals surface area contributed by atoms with Crippen LogP contribution in [0.25, 0.3) is 0 Å². The fourth-order valence-electron chi connectivity index (χ4n) is 4.45. The van der Waals surface area contributed by atoms with E-state index in [-0.39, 0.29) is 17.6 Å². The van der Waals surface area contributed by atoms with Crippen LogP contribution >= 0.6 is 0 Å². The van der Waals surface area contributed by atoms with E-state index < -0.39 is 14.6 Å². The first kappa shape index (κ1) is 25.2. The molecule has 5 heteroatoms. The third-order valence-electron chi connectivity index (χ3n) is 5.65. The Hall–Kier alpha value is -0.813. The number of carbonyl (C=O) groups is 1. The zero-order valence-electron chi connectivity index (χ0n) is 19.9. The summed E-state index contributed by atoms with van der Waals surface area (Å²) >= 11 is 0. The van der Waals surface area contributed by atoms with E-state index in [1.54, 1.807) is 4.90 Å². The lowest BCUT2D eigenvalue weighted by Crippen LogP contribution is -2.46. The minimum Gasteiger partial charge on any atom is -0.444 e. The van der Waals surface area contributed by atoms with E-state index >= 15 is 0 Å². The first-order valence-electron chi connectivity index (χ1n) is 11.0. The van der Waals surface area contributed by atoms with Crippen molar-refractivity contribution in [2.24, 2.45) is 17.3 Å². The van der Waals surface area contributed by atoms with Gasteiger partial charge in [0.05, 0.1) is 6.10 Å². The van der Waals surface area contributed by atoms with Crippen molar-refractivity contribution < 1.29 is 14.0 Å². The van der Waals surface area contributed by atoms with Crippen LogP contribution in [0.4, 0.5) is 4.79 Å². The second kappa shape index (κ2) is 10.3. The van der Waals surface area contributed by atoms with Gasteiger partial charge in [-0.15, -0.1) is 6.58 Å². The highest BCUT2D eigenvalue weighted by Crippen LogP contribution is 2.41. The molecule has 1 aliphatic rings. The van der Waals surface area contributed by atoms with Crippen LogP contribution in [-0.2, 0) is 9.16 Å². The molecule has 2 atom stereocenters. The van der Waals surface area contributed by atoms with Gasteiger partial charge in [0.1, 0.15) is 5.60 Å². The Balaban J connectivity index is 2.81. The third-order valence-corrected chi connectivity index (χ3v) is 6.49. The zero-order chi connectivity index (χ0) is 21.7. The van der Waals surface area contributed by atoms with Gasteiger partial charge in [-0.25, -0.2) is 4.79 Å². The van der Waals surface area contributed by atoms with Gasteiger partial charge < -0.3 is 14.1 Å². The van der Waals surface area contributed by atoms with Crippen LogP contribution in [0, 0.1) is 17.3 Å². The number of carbonyl (C=O) groups excluding carboxylic acids is 1. The molecule has 0 unspecified atom stereocenters. The molecule has 0 saturated heterocycles. The van der Waals surface area contributed by atoms with Crippen molar-refractivity contribution in [3.8, 4) is 0 Å². The highest BCUT2D eigenvalue weighted by Gasteiger charge is 2.39. The summed E-state index contributed by atoms with van der Waals surface area (Å²) in [6.07, 6.45) is 7.45. The molecule has 1 saturated carbocycles. The molecule has 28 heavy (non-hydrogen) atoms. The summed E-state index contributed by atoms with van der Waals surface area (Å²) in [6.45, 7) is 21.1. The summed E-state index contributed by atoms with van der Waals surface area (Å²) in [5.74, 6) is 1.10. The van der Waals surface area contributed by atoms with Crippen LogP contribution in [0.3, 0.4) is 0 Å². The van der Waals surface area contributed by atoms with E-state index in [9.17, 15) is 4.79 Å². The van der Waals surface area contributed by atoms with Crippen LogP contribution in [0.1, 0.15) is 73.6 Å². The van der Waals surface area contributed by atoms with Gasteiger partial charge in [-0.1, -0.05) is 26.8 Å². The van der Waals surface area contributed by atoms with Gasteiger partial charge in [-0.05, 0) is 83.2 Å². The quantitative estimate of drug-likeness (QED) is 0.380. The lowest BCUT2D eigenvalue weighted by molar-refractivity contribution is -0.00513. The van der Waals surface area contributed by atoms with Crippen molar-refractivity contribution in [3.63, 3.8) is 0 Å². The number of hydrogen-bond acceptors (Lipinski definition) is 3. The average molecular weight is 412 g/mol. The van der Waals surface area contributed by atoms with Gasteiger partial charge >= 0.3 is 6.09 Å². The Kier molecular flexibility index (Phi) is 9.27. The molecule has 164 valence electrons. The van der Waals surface area contributed by atoms with E-state index in [0.717, 1.165) is 19.3 Å². The minimum atomic E-state index is -1.08. The Morgan fingerprint density at radius 1 is 1.11 bits per heavy atom. The molecule has 1 fully saturated rings. The predicted octanol–water partition coefficient (Wildman–Crippen LogP) is 6.02. The van der Waals surface area contributed by atoms with E-state index in [4.69, 9.17) is 9.16 Å². The number of ether oxygens (including phenoxy) is 1. The summed E-state index contributed by atoms with van der Waals surface area (Å²) < 4.78 is 12.1. The van der Waals surface area contributed by atoms with E-state index in [1.807, 2.05) is 33.9 Å². The molecule has 0 N–H and O–H groups in total. The molecule has 0 radical (unpaired) electrons. The molecule has 0 aromatic rings. The number of nitrogens with zero attached hydrogens (tertiary/aromatic N) is 1. The second-order valence-corrected chi connectivity index (χ2v) is 13.2. The topological polar surface area (TPSA) is 38.8 Å². The fraction of sp³-hybridized carbons (Fsp3) is 0.870. The highest BCUT2D eigenvalue weighted by atomic mass is 28.3. The Morgan fingerprint density at radius 3 is 2.00 bits per heavy atom. The summed E-state index contributed by atoms with van der Waals surface area (Å²) in [4.78, 5) is 14.4. The summed E-state index contributed by atoms with van der Waals surface area (Å²) in [5.41, 5.74) is -0.303. The van der Waals surface area contributed by atoms with Gasteiger partial charge in [-0.3, -0.25) is 0 Å². The van der Waals surface area contributed by atoms with Crippen LogP contribution in [-0.4, -0.2) is 44.8 Å². The molecule has 1 rings (SSSR count). The van der Waals surface area contributed by atoms with Crippen molar-refractivity contribution in [2.45, 2.75) is 104 Å². The van der Waals surface area contributed by atoms with Gasteiger partial charge in [0.25, 0.3) is 0 Å². The zero-order valence-corrected chi connectivity index (χ0v) is 21.0. The van der Waals surface area contributed by atoms with Gasteiger partial charge in [0, 0.05) is 13.1 Å². The van der Waals surface area contributed by atoms with Crippen LogP contribution in [0.5, 0.6) is 0 Å². The van der Waals surface area contributed by atoms with Crippen LogP contribution in [0.2, 0.25) is 13.1 Å². The number of amides is 1. The molecule has 0 heterocycles. The standard InChI is InChI=1S/C23H45NO3Si/c1-11-12-19(24(8)21(25)26-23(5,6)7)17-13-15-18(16-14-17)20(22(2,3)4)27-28(9)10/h11,17-20,28H,1,12-16H2,2-10H3/t17?,18?,19-,20+/m1/s1. The van der Waals surface area contributed by atoms with E-state index in [0.29, 0.717) is 17.9 Å². The fourth-order valence-corrected chi connectivity index (χ4v) is 5.67.